The van der Waals surface area contributed by atoms with Gasteiger partial charge in [-0.2, -0.15) is 0 Å². The highest BCUT2D eigenvalue weighted by atomic mass is 16.5. The fraction of sp³-hybridized carbons (Fsp3) is 0.424. The highest BCUT2D eigenvalue weighted by Crippen LogP contribution is 2.31. The van der Waals surface area contributed by atoms with Crippen molar-refractivity contribution in [1.29, 1.82) is 0 Å². The van der Waals surface area contributed by atoms with Gasteiger partial charge in [-0.3, -0.25) is 4.79 Å². The van der Waals surface area contributed by atoms with E-state index in [1.165, 1.54) is 16.7 Å². The van der Waals surface area contributed by atoms with E-state index in [9.17, 15) is 9.90 Å². The van der Waals surface area contributed by atoms with E-state index in [2.05, 4.69) is 60.4 Å². The molecular formula is C33H40N2O3. The highest BCUT2D eigenvalue weighted by Gasteiger charge is 2.32. The predicted molar refractivity (Wildman–Crippen MR) is 151 cm³/mol. The molecule has 5 heteroatoms. The summed E-state index contributed by atoms with van der Waals surface area (Å²) in [5, 5.41) is 10.9. The molecule has 2 fully saturated rings. The largest absolute Gasteiger partial charge is 0.489 e. The van der Waals surface area contributed by atoms with Crippen LogP contribution < -0.4 is 4.74 Å². The van der Waals surface area contributed by atoms with Crippen LogP contribution in [0.2, 0.25) is 0 Å². The summed E-state index contributed by atoms with van der Waals surface area (Å²) in [6.07, 6.45) is 3.46. The van der Waals surface area contributed by atoms with Crippen LogP contribution in [0.5, 0.6) is 5.75 Å². The van der Waals surface area contributed by atoms with Crippen LogP contribution in [0, 0.1) is 12.8 Å². The lowest BCUT2D eigenvalue weighted by atomic mass is 9.87. The lowest BCUT2D eigenvalue weighted by molar-refractivity contribution is -0.131. The molecule has 0 spiro atoms. The second-order valence-corrected chi connectivity index (χ2v) is 11.0. The van der Waals surface area contributed by atoms with E-state index in [1.807, 2.05) is 35.2 Å². The smallest absolute Gasteiger partial charge is 0.226 e. The van der Waals surface area contributed by atoms with E-state index < -0.39 is 0 Å². The van der Waals surface area contributed by atoms with Gasteiger partial charge in [-0.05, 0) is 74.5 Å². The molecule has 2 heterocycles. The summed E-state index contributed by atoms with van der Waals surface area (Å²) in [7, 11) is 0. The number of rotatable bonds is 10. The monoisotopic (exact) mass is 512 g/mol. The molecule has 3 atom stereocenters. The highest BCUT2D eigenvalue weighted by molar-refractivity contribution is 5.80. The molecule has 0 bridgehead atoms. The van der Waals surface area contributed by atoms with E-state index in [0.717, 1.165) is 63.2 Å². The molecule has 2 saturated heterocycles. The van der Waals surface area contributed by atoms with Crippen LogP contribution in [-0.4, -0.2) is 53.1 Å². The van der Waals surface area contributed by atoms with Gasteiger partial charge in [0.1, 0.15) is 12.4 Å². The van der Waals surface area contributed by atoms with Gasteiger partial charge in [0.25, 0.3) is 0 Å². The summed E-state index contributed by atoms with van der Waals surface area (Å²) in [4.78, 5) is 17.3. The Hall–Kier alpha value is -3.15. The lowest BCUT2D eigenvalue weighted by Crippen LogP contribution is -2.43. The number of piperidine rings is 1. The average molecular weight is 513 g/mol. The molecule has 1 N–H and O–H groups in total. The molecule has 1 unspecified atom stereocenters. The maximum atomic E-state index is 12.9. The molecule has 0 saturated carbocycles. The molecule has 38 heavy (non-hydrogen) atoms. The minimum absolute atomic E-state index is 0.144. The second-order valence-electron chi connectivity index (χ2n) is 11.0. The molecule has 0 aromatic heterocycles. The normalized spacial score (nSPS) is 22.1. The van der Waals surface area contributed by atoms with Gasteiger partial charge < -0.3 is 19.6 Å². The third-order valence-electron chi connectivity index (χ3n) is 8.15. The average Bonchev–Trinajstić information content (AvgIpc) is 3.28. The predicted octanol–water partition coefficient (Wildman–Crippen LogP) is 5.55. The number of benzene rings is 3. The summed E-state index contributed by atoms with van der Waals surface area (Å²) in [6, 6.07) is 26.9. The van der Waals surface area contributed by atoms with Crippen molar-refractivity contribution in [3.8, 4) is 5.75 Å². The fourth-order valence-electron chi connectivity index (χ4n) is 5.84. The number of nitrogens with zero attached hydrogens (tertiary/aromatic N) is 2. The van der Waals surface area contributed by atoms with Crippen molar-refractivity contribution in [2.75, 3.05) is 26.2 Å². The third-order valence-corrected chi connectivity index (χ3v) is 8.15. The summed E-state index contributed by atoms with van der Waals surface area (Å²) in [5.74, 6) is 1.45. The second kappa shape index (κ2) is 12.6. The van der Waals surface area contributed by atoms with Crippen molar-refractivity contribution in [3.63, 3.8) is 0 Å². The Morgan fingerprint density at radius 3 is 2.39 bits per heavy atom. The standard InChI is InChI=1S/C33H40N2O3/c1-25-9-11-26(12-10-25)22-35-21-17-29(33(35)37)8-5-19-34-20-18-31(32(36)23-34)28-13-15-30(16-14-28)38-24-27-6-3-2-4-7-27/h2-4,6-7,9-16,29,31-32,36H,5,8,17-24H2,1H3/t29?,31-,32+/m1/s1. The summed E-state index contributed by atoms with van der Waals surface area (Å²) in [5.41, 5.74) is 4.78. The van der Waals surface area contributed by atoms with Gasteiger partial charge in [0.15, 0.2) is 0 Å². The van der Waals surface area contributed by atoms with E-state index in [0.29, 0.717) is 19.1 Å². The van der Waals surface area contributed by atoms with Crippen LogP contribution in [0.1, 0.15) is 53.9 Å². The number of likely N-dealkylation sites (tertiary alicyclic amines) is 2. The van der Waals surface area contributed by atoms with Crippen molar-refractivity contribution in [2.45, 2.75) is 57.8 Å². The van der Waals surface area contributed by atoms with Crippen LogP contribution in [0.15, 0.2) is 78.9 Å². The molecule has 2 aliphatic rings. The number of hydrogen-bond acceptors (Lipinski definition) is 4. The summed E-state index contributed by atoms with van der Waals surface area (Å²) >= 11 is 0. The molecular weight excluding hydrogens is 472 g/mol. The molecule has 5 nitrogen and oxygen atoms in total. The number of amides is 1. The van der Waals surface area contributed by atoms with Gasteiger partial charge in [-0.1, -0.05) is 72.3 Å². The quantitative estimate of drug-likeness (QED) is 0.387. The van der Waals surface area contributed by atoms with Crippen molar-refractivity contribution < 1.29 is 14.6 Å². The minimum atomic E-state index is -0.377. The molecule has 1 amide bonds. The van der Waals surface area contributed by atoms with Crippen LogP contribution in [-0.2, 0) is 17.9 Å². The van der Waals surface area contributed by atoms with Crippen molar-refractivity contribution in [1.82, 2.24) is 9.80 Å². The Kier molecular flexibility index (Phi) is 8.77. The van der Waals surface area contributed by atoms with Gasteiger partial charge in [0.2, 0.25) is 5.91 Å². The maximum absolute atomic E-state index is 12.9. The fourth-order valence-corrected chi connectivity index (χ4v) is 5.84. The van der Waals surface area contributed by atoms with Crippen molar-refractivity contribution in [3.05, 3.63) is 101 Å². The first-order valence-electron chi connectivity index (χ1n) is 14.1. The number of aliphatic hydroxyl groups is 1. The zero-order chi connectivity index (χ0) is 26.3. The Labute approximate surface area is 227 Å². The minimum Gasteiger partial charge on any atom is -0.489 e. The molecule has 0 aliphatic carbocycles. The summed E-state index contributed by atoms with van der Waals surface area (Å²) < 4.78 is 5.92. The Morgan fingerprint density at radius 1 is 0.895 bits per heavy atom. The molecule has 2 aliphatic heterocycles. The first kappa shape index (κ1) is 26.5. The van der Waals surface area contributed by atoms with Crippen molar-refractivity contribution >= 4 is 5.91 Å². The number of carbonyl (C=O) groups excluding carboxylic acids is 1. The van der Waals surface area contributed by atoms with E-state index in [1.54, 1.807) is 0 Å². The number of β-amino-alcohol motifs (C(OH)–C–C–N with tert-alkyl or cyclic N) is 1. The van der Waals surface area contributed by atoms with Gasteiger partial charge in [-0.25, -0.2) is 0 Å². The number of aliphatic hydroxyl groups excluding tert-OH is 1. The summed E-state index contributed by atoms with van der Waals surface area (Å²) in [6.45, 7) is 6.83. The number of carbonyl (C=O) groups is 1. The van der Waals surface area contributed by atoms with Gasteiger partial charge in [0, 0.05) is 31.5 Å². The van der Waals surface area contributed by atoms with Crippen LogP contribution in [0.25, 0.3) is 0 Å². The van der Waals surface area contributed by atoms with Crippen LogP contribution in [0.3, 0.4) is 0 Å². The molecule has 5 rings (SSSR count). The maximum Gasteiger partial charge on any atom is 0.226 e. The van der Waals surface area contributed by atoms with Gasteiger partial charge in [0.05, 0.1) is 6.10 Å². The molecule has 3 aromatic rings. The number of aryl methyl sites for hydroxylation is 1. The lowest BCUT2D eigenvalue weighted by Gasteiger charge is -2.36. The molecule has 0 radical (unpaired) electrons. The van der Waals surface area contributed by atoms with E-state index >= 15 is 0 Å². The van der Waals surface area contributed by atoms with E-state index in [4.69, 9.17) is 4.74 Å². The van der Waals surface area contributed by atoms with Gasteiger partial charge in [-0.15, -0.1) is 0 Å². The molecule has 200 valence electrons. The Bertz CT molecular complexity index is 1160. The van der Waals surface area contributed by atoms with Crippen LogP contribution in [0.4, 0.5) is 0 Å². The first-order valence-corrected chi connectivity index (χ1v) is 14.1. The zero-order valence-electron chi connectivity index (χ0n) is 22.5. The topological polar surface area (TPSA) is 53.0 Å². The first-order chi connectivity index (χ1) is 18.5. The number of ether oxygens (including phenoxy) is 1. The SMILES string of the molecule is Cc1ccc(CN2CCC(CCCN3CC[C@H](c4ccc(OCc5ccccc5)cc4)[C@@H](O)C3)C2=O)cc1. The van der Waals surface area contributed by atoms with Crippen molar-refractivity contribution in [2.24, 2.45) is 5.92 Å². The van der Waals surface area contributed by atoms with Crippen LogP contribution >= 0.6 is 0 Å². The number of hydrogen-bond donors (Lipinski definition) is 1. The Morgan fingerprint density at radius 2 is 1.66 bits per heavy atom. The van der Waals surface area contributed by atoms with E-state index in [-0.39, 0.29) is 17.9 Å². The van der Waals surface area contributed by atoms with Gasteiger partial charge >= 0.3 is 0 Å². The molecule has 3 aromatic carbocycles. The zero-order valence-corrected chi connectivity index (χ0v) is 22.5. The third kappa shape index (κ3) is 6.83. The Balaban J connectivity index is 1.03.